The van der Waals surface area contributed by atoms with Crippen LogP contribution in [0.2, 0.25) is 0 Å². The van der Waals surface area contributed by atoms with E-state index in [0.29, 0.717) is 6.16 Å². The Labute approximate surface area is 234 Å². The SMILES string of the molecule is CCCCC#Cc1c(CCCC)cc(CP(=O)(c2ccccc2)c2ccccc2)cc1-c1ccc(OC)cc1. The first-order chi connectivity index (χ1) is 19.1. The summed E-state index contributed by atoms with van der Waals surface area (Å²) >= 11 is 0. The second-order valence-electron chi connectivity index (χ2n) is 9.98. The average molecular weight is 535 g/mol. The molecule has 0 heterocycles. The lowest BCUT2D eigenvalue weighted by molar-refractivity contribution is 0.415. The molecule has 0 fully saturated rings. The molecule has 4 aromatic rings. The molecule has 0 aliphatic heterocycles. The highest BCUT2D eigenvalue weighted by Crippen LogP contribution is 2.47. The van der Waals surface area contributed by atoms with Crippen molar-refractivity contribution in [2.75, 3.05) is 7.11 Å². The van der Waals surface area contributed by atoms with Crippen molar-refractivity contribution in [1.29, 1.82) is 0 Å². The molecule has 0 saturated carbocycles. The van der Waals surface area contributed by atoms with Gasteiger partial charge in [0.15, 0.2) is 0 Å². The Morgan fingerprint density at radius 3 is 1.95 bits per heavy atom. The molecule has 0 N–H and O–H groups in total. The molecule has 0 saturated heterocycles. The molecule has 0 aliphatic rings. The minimum atomic E-state index is -2.92. The number of hydrogen-bond acceptors (Lipinski definition) is 2. The summed E-state index contributed by atoms with van der Waals surface area (Å²) in [7, 11) is -1.23. The fraction of sp³-hybridized carbons (Fsp3) is 0.278. The van der Waals surface area contributed by atoms with Crippen LogP contribution in [0.1, 0.15) is 62.6 Å². The van der Waals surface area contributed by atoms with Crippen molar-refractivity contribution < 1.29 is 9.30 Å². The molecule has 0 unspecified atom stereocenters. The zero-order valence-corrected chi connectivity index (χ0v) is 24.3. The summed E-state index contributed by atoms with van der Waals surface area (Å²) in [6.45, 7) is 4.42. The average Bonchev–Trinajstić information content (AvgIpc) is 2.99. The van der Waals surface area contributed by atoms with Crippen LogP contribution < -0.4 is 15.3 Å². The molecule has 4 rings (SSSR count). The van der Waals surface area contributed by atoms with Gasteiger partial charge in [-0.2, -0.15) is 0 Å². The molecule has 2 nitrogen and oxygen atoms in total. The number of hydrogen-bond donors (Lipinski definition) is 0. The fourth-order valence-electron chi connectivity index (χ4n) is 4.91. The minimum absolute atomic E-state index is 0.465. The first-order valence-corrected chi connectivity index (χ1v) is 16.0. The van der Waals surface area contributed by atoms with Crippen LogP contribution >= 0.6 is 7.14 Å². The maximum atomic E-state index is 14.9. The Balaban J connectivity index is 1.89. The van der Waals surface area contributed by atoms with Gasteiger partial charge in [-0.3, -0.25) is 0 Å². The van der Waals surface area contributed by atoms with Crippen molar-refractivity contribution in [3.05, 3.63) is 114 Å². The molecule has 4 aromatic carbocycles. The van der Waals surface area contributed by atoms with E-state index in [0.717, 1.165) is 77.1 Å². The van der Waals surface area contributed by atoms with Crippen LogP contribution in [0.15, 0.2) is 97.1 Å². The predicted octanol–water partition coefficient (Wildman–Crippen LogP) is 8.76. The summed E-state index contributed by atoms with van der Waals surface area (Å²) < 4.78 is 20.4. The first kappa shape index (κ1) is 28.5. The normalized spacial score (nSPS) is 11.1. The first-order valence-electron chi connectivity index (χ1n) is 14.1. The predicted molar refractivity (Wildman–Crippen MR) is 167 cm³/mol. The van der Waals surface area contributed by atoms with Gasteiger partial charge >= 0.3 is 0 Å². The lowest BCUT2D eigenvalue weighted by Gasteiger charge is -2.21. The minimum Gasteiger partial charge on any atom is -0.497 e. The topological polar surface area (TPSA) is 26.3 Å². The molecule has 0 spiro atoms. The summed E-state index contributed by atoms with van der Waals surface area (Å²) in [4.78, 5) is 0. The summed E-state index contributed by atoms with van der Waals surface area (Å²) in [5, 5.41) is 1.78. The van der Waals surface area contributed by atoms with Crippen LogP contribution in [-0.4, -0.2) is 7.11 Å². The molecule has 3 heteroatoms. The number of methoxy groups -OCH3 is 1. The van der Waals surface area contributed by atoms with E-state index in [9.17, 15) is 4.57 Å². The van der Waals surface area contributed by atoms with Gasteiger partial charge in [0.25, 0.3) is 0 Å². The van der Waals surface area contributed by atoms with E-state index in [2.05, 4.69) is 50.0 Å². The van der Waals surface area contributed by atoms with Crippen LogP contribution in [-0.2, 0) is 17.1 Å². The van der Waals surface area contributed by atoms with Crippen LogP contribution in [0, 0.1) is 11.8 Å². The second kappa shape index (κ2) is 14.0. The Bertz CT molecular complexity index is 1400. The van der Waals surface area contributed by atoms with Crippen molar-refractivity contribution in [3.8, 4) is 28.7 Å². The van der Waals surface area contributed by atoms with Crippen LogP contribution in [0.3, 0.4) is 0 Å². The molecule has 200 valence electrons. The Morgan fingerprint density at radius 2 is 1.38 bits per heavy atom. The maximum Gasteiger partial charge on any atom is 0.147 e. The Kier molecular flexibility index (Phi) is 10.2. The molecular formula is C36H39O2P. The zero-order valence-electron chi connectivity index (χ0n) is 23.5. The third-order valence-electron chi connectivity index (χ3n) is 7.10. The van der Waals surface area contributed by atoms with Crippen molar-refractivity contribution in [2.24, 2.45) is 0 Å². The van der Waals surface area contributed by atoms with Gasteiger partial charge in [0.2, 0.25) is 0 Å². The van der Waals surface area contributed by atoms with Crippen molar-refractivity contribution in [2.45, 2.75) is 58.5 Å². The second-order valence-corrected chi connectivity index (χ2v) is 12.8. The van der Waals surface area contributed by atoms with Crippen molar-refractivity contribution in [3.63, 3.8) is 0 Å². The van der Waals surface area contributed by atoms with Gasteiger partial charge in [0, 0.05) is 28.8 Å². The number of unbranched alkanes of at least 4 members (excludes halogenated alkanes) is 3. The van der Waals surface area contributed by atoms with Crippen LogP contribution in [0.25, 0.3) is 11.1 Å². The smallest absolute Gasteiger partial charge is 0.147 e. The zero-order chi connectivity index (χ0) is 27.5. The van der Waals surface area contributed by atoms with Crippen molar-refractivity contribution >= 4 is 17.8 Å². The molecule has 0 aliphatic carbocycles. The summed E-state index contributed by atoms with van der Waals surface area (Å²) in [5.74, 6) is 7.83. The Morgan fingerprint density at radius 1 is 0.769 bits per heavy atom. The number of benzene rings is 4. The van der Waals surface area contributed by atoms with E-state index in [1.807, 2.05) is 72.8 Å². The number of rotatable bonds is 11. The molecule has 0 aromatic heterocycles. The summed E-state index contributed by atoms with van der Waals surface area (Å²) in [5.41, 5.74) is 5.64. The Hall–Kier alpha value is -3.53. The van der Waals surface area contributed by atoms with E-state index in [-0.39, 0.29) is 0 Å². The van der Waals surface area contributed by atoms with Gasteiger partial charge in [-0.25, -0.2) is 0 Å². The van der Waals surface area contributed by atoms with E-state index in [4.69, 9.17) is 4.74 Å². The fourth-order valence-corrected chi connectivity index (χ4v) is 7.58. The van der Waals surface area contributed by atoms with Crippen molar-refractivity contribution in [1.82, 2.24) is 0 Å². The van der Waals surface area contributed by atoms with Gasteiger partial charge in [-0.15, -0.1) is 0 Å². The lowest BCUT2D eigenvalue weighted by Crippen LogP contribution is -2.17. The quantitative estimate of drug-likeness (QED) is 0.109. The third kappa shape index (κ3) is 7.11. The van der Waals surface area contributed by atoms with E-state index < -0.39 is 7.14 Å². The summed E-state index contributed by atoms with van der Waals surface area (Å²) in [6.07, 6.45) is 6.74. The highest BCUT2D eigenvalue weighted by Gasteiger charge is 2.28. The van der Waals surface area contributed by atoms with Gasteiger partial charge in [0.1, 0.15) is 12.9 Å². The van der Waals surface area contributed by atoms with Crippen LogP contribution in [0.5, 0.6) is 5.75 Å². The van der Waals surface area contributed by atoms with Crippen LogP contribution in [0.4, 0.5) is 0 Å². The van der Waals surface area contributed by atoms with E-state index >= 15 is 0 Å². The number of ether oxygens (including phenoxy) is 1. The standard InChI is InChI=1S/C36H39O2P/c1-4-6-8-15-21-35-31(16-7-5-2)26-29(27-36(35)30-22-24-32(38-3)25-23-30)28-39(37,33-17-11-9-12-18-33)34-19-13-10-14-20-34/h9-14,17-20,22-27H,4-8,16,28H2,1-3H3. The molecule has 0 radical (unpaired) electrons. The summed E-state index contributed by atoms with van der Waals surface area (Å²) in [6, 6.07) is 32.6. The van der Waals surface area contributed by atoms with Gasteiger partial charge in [0.05, 0.1) is 7.11 Å². The molecular weight excluding hydrogens is 495 g/mol. The third-order valence-corrected chi connectivity index (χ3v) is 10.2. The highest BCUT2D eigenvalue weighted by molar-refractivity contribution is 7.78. The van der Waals surface area contributed by atoms with Gasteiger partial charge in [-0.1, -0.05) is 117 Å². The monoisotopic (exact) mass is 534 g/mol. The maximum absolute atomic E-state index is 14.9. The molecule has 0 atom stereocenters. The molecule has 39 heavy (non-hydrogen) atoms. The van der Waals surface area contributed by atoms with E-state index in [1.165, 1.54) is 5.56 Å². The lowest BCUT2D eigenvalue weighted by atomic mass is 9.91. The van der Waals surface area contributed by atoms with Gasteiger partial charge in [-0.05, 0) is 59.7 Å². The highest BCUT2D eigenvalue weighted by atomic mass is 31.2. The van der Waals surface area contributed by atoms with E-state index in [1.54, 1.807) is 7.11 Å². The van der Waals surface area contributed by atoms with Gasteiger partial charge < -0.3 is 9.30 Å². The molecule has 0 bridgehead atoms. The largest absolute Gasteiger partial charge is 0.497 e. The number of aryl methyl sites for hydroxylation is 1. The molecule has 0 amide bonds.